The lowest BCUT2D eigenvalue weighted by Crippen LogP contribution is -2.22. The Hall–Kier alpha value is -2.28. The van der Waals surface area contributed by atoms with Crippen molar-refractivity contribution >= 4 is 0 Å². The molecule has 1 heteroatoms. The fourth-order valence-electron chi connectivity index (χ4n) is 2.57. The van der Waals surface area contributed by atoms with Gasteiger partial charge in [-0.25, -0.2) is 0 Å². The molecule has 0 spiro atoms. The van der Waals surface area contributed by atoms with Crippen LogP contribution in [0.4, 0.5) is 0 Å². The first-order chi connectivity index (χ1) is 16.4. The minimum atomic E-state index is 0.978. The SMILES string of the molecule is C=C.C=C/C(C)=C(\C=C\C)N(CCC)C(=C)CC.CC.CC.CCC.CCc1ccccc1C. The Morgan fingerprint density at radius 1 is 0.941 bits per heavy atom. The van der Waals surface area contributed by atoms with Crippen LogP contribution in [-0.4, -0.2) is 11.4 Å². The third-order valence-corrected chi connectivity index (χ3v) is 4.20. The lowest BCUT2D eigenvalue weighted by molar-refractivity contribution is 0.424. The molecule has 0 N–H and O–H groups in total. The van der Waals surface area contributed by atoms with Crippen molar-refractivity contribution < 1.29 is 0 Å². The third kappa shape index (κ3) is 22.9. The number of allylic oxidation sites excluding steroid dienone is 5. The summed E-state index contributed by atoms with van der Waals surface area (Å²) < 4.78 is 0. The molecular weight excluding hydrogens is 410 g/mol. The summed E-state index contributed by atoms with van der Waals surface area (Å²) in [5.41, 5.74) is 6.43. The first-order valence-corrected chi connectivity index (χ1v) is 13.3. The van der Waals surface area contributed by atoms with Crippen LogP contribution in [-0.2, 0) is 6.42 Å². The molecule has 34 heavy (non-hydrogen) atoms. The summed E-state index contributed by atoms with van der Waals surface area (Å²) in [6.07, 6.45) is 10.6. The second-order valence-electron chi connectivity index (χ2n) is 6.83. The summed E-state index contributed by atoms with van der Waals surface area (Å²) in [4.78, 5) is 2.29. The van der Waals surface area contributed by atoms with Crippen LogP contribution in [0.2, 0.25) is 0 Å². The van der Waals surface area contributed by atoms with E-state index in [4.69, 9.17) is 0 Å². The van der Waals surface area contributed by atoms with E-state index in [0.29, 0.717) is 0 Å². The van der Waals surface area contributed by atoms with Gasteiger partial charge in [0.05, 0.1) is 0 Å². The molecule has 1 aromatic carbocycles. The molecule has 0 aliphatic rings. The van der Waals surface area contributed by atoms with E-state index in [9.17, 15) is 0 Å². The van der Waals surface area contributed by atoms with Crippen LogP contribution < -0.4 is 0 Å². The van der Waals surface area contributed by atoms with Crippen LogP contribution in [0.5, 0.6) is 0 Å². The summed E-state index contributed by atoms with van der Waals surface area (Å²) in [6.45, 7) is 40.0. The predicted molar refractivity (Wildman–Crippen MR) is 165 cm³/mol. The molecule has 0 saturated heterocycles. The Kier molecular flexibility index (Phi) is 43.5. The van der Waals surface area contributed by atoms with Crippen molar-refractivity contribution in [1.82, 2.24) is 4.90 Å². The predicted octanol–water partition coefficient (Wildman–Crippen LogP) is 11.5. The summed E-state index contributed by atoms with van der Waals surface area (Å²) in [5.74, 6) is 0. The molecule has 0 amide bonds. The van der Waals surface area contributed by atoms with Gasteiger partial charge in [-0.15, -0.1) is 13.2 Å². The van der Waals surface area contributed by atoms with E-state index >= 15 is 0 Å². The van der Waals surface area contributed by atoms with E-state index in [1.807, 2.05) is 40.7 Å². The molecule has 0 aliphatic carbocycles. The number of benzene rings is 1. The van der Waals surface area contributed by atoms with Crippen LogP contribution in [0.15, 0.2) is 85.8 Å². The standard InChI is InChI=1S/C15H25N.C9H12.C3H8.2C2H6.C2H4/c1-7-11-15(13(5)9-3)16(12-8-2)14(6)10-4;1-3-9-7-5-4-6-8(9)2;1-3-2;3*1-2/h7,9,11H,3,6,8,10,12H2,1-2,4-5H3;4-7H,3H2,1-2H3;3H2,1-2H3;2*1-2H3;1-2H2/b11-7+,15-13+;;;;;. The molecule has 0 atom stereocenters. The van der Waals surface area contributed by atoms with E-state index in [-0.39, 0.29) is 0 Å². The number of hydrogen-bond donors (Lipinski definition) is 0. The Balaban J connectivity index is -0.000000131. The number of nitrogens with zero attached hydrogens (tertiary/aromatic N) is 1. The summed E-state index contributed by atoms with van der Waals surface area (Å²) >= 11 is 0. The fraction of sp³-hybridized carbons (Fsp3) is 0.515. The zero-order valence-corrected chi connectivity index (χ0v) is 25.4. The molecule has 0 radical (unpaired) electrons. The highest BCUT2D eigenvalue weighted by Crippen LogP contribution is 2.20. The van der Waals surface area contributed by atoms with Crippen LogP contribution in [0.1, 0.15) is 107 Å². The minimum absolute atomic E-state index is 0.978. The first kappa shape index (κ1) is 41.9. The van der Waals surface area contributed by atoms with Gasteiger partial charge < -0.3 is 4.90 Å². The van der Waals surface area contributed by atoms with Crippen molar-refractivity contribution in [3.05, 3.63) is 96.9 Å². The van der Waals surface area contributed by atoms with E-state index in [1.165, 1.54) is 28.8 Å². The van der Waals surface area contributed by atoms with Crippen molar-refractivity contribution in [2.75, 3.05) is 6.54 Å². The van der Waals surface area contributed by atoms with Gasteiger partial charge in [-0.3, -0.25) is 0 Å². The fourth-order valence-corrected chi connectivity index (χ4v) is 2.57. The maximum absolute atomic E-state index is 4.14. The normalized spacial score (nSPS) is 9.41. The number of aryl methyl sites for hydroxylation is 2. The molecule has 0 heterocycles. The van der Waals surface area contributed by atoms with Gasteiger partial charge >= 0.3 is 0 Å². The largest absolute Gasteiger partial charge is 0.346 e. The molecular formula is C33H61N. The van der Waals surface area contributed by atoms with Crippen molar-refractivity contribution in [1.29, 1.82) is 0 Å². The molecule has 0 aromatic heterocycles. The Morgan fingerprint density at radius 3 is 1.71 bits per heavy atom. The monoisotopic (exact) mass is 471 g/mol. The smallest absolute Gasteiger partial charge is 0.0434 e. The molecule has 1 rings (SSSR count). The lowest BCUT2D eigenvalue weighted by atomic mass is 10.1. The lowest BCUT2D eigenvalue weighted by Gasteiger charge is -2.28. The van der Waals surface area contributed by atoms with Crippen LogP contribution in [0.25, 0.3) is 0 Å². The van der Waals surface area contributed by atoms with Gasteiger partial charge in [0.1, 0.15) is 0 Å². The highest BCUT2D eigenvalue weighted by atomic mass is 15.1. The van der Waals surface area contributed by atoms with Gasteiger partial charge in [0.25, 0.3) is 0 Å². The molecule has 0 unspecified atom stereocenters. The van der Waals surface area contributed by atoms with Crippen LogP contribution in [0.3, 0.4) is 0 Å². The summed E-state index contributed by atoms with van der Waals surface area (Å²) in [7, 11) is 0. The van der Waals surface area contributed by atoms with Gasteiger partial charge in [0, 0.05) is 17.9 Å². The van der Waals surface area contributed by atoms with Gasteiger partial charge in [0.15, 0.2) is 0 Å². The Morgan fingerprint density at radius 2 is 1.41 bits per heavy atom. The maximum Gasteiger partial charge on any atom is 0.0434 e. The average Bonchev–Trinajstić information content (AvgIpc) is 2.90. The molecule has 0 bridgehead atoms. The molecule has 0 saturated carbocycles. The Bertz CT molecular complexity index is 619. The van der Waals surface area contributed by atoms with E-state index in [1.54, 1.807) is 0 Å². The van der Waals surface area contributed by atoms with Crippen LogP contribution >= 0.6 is 0 Å². The number of hydrogen-bond acceptors (Lipinski definition) is 1. The van der Waals surface area contributed by atoms with Crippen LogP contribution in [0, 0.1) is 6.92 Å². The van der Waals surface area contributed by atoms with Crippen molar-refractivity contribution in [2.45, 2.75) is 109 Å². The van der Waals surface area contributed by atoms with E-state index in [0.717, 1.165) is 31.5 Å². The third-order valence-electron chi connectivity index (χ3n) is 4.20. The molecule has 1 aromatic rings. The summed E-state index contributed by atoms with van der Waals surface area (Å²) in [6, 6.07) is 8.49. The second kappa shape index (κ2) is 35.3. The van der Waals surface area contributed by atoms with Gasteiger partial charge in [-0.2, -0.15) is 0 Å². The second-order valence-corrected chi connectivity index (χ2v) is 6.83. The van der Waals surface area contributed by atoms with Gasteiger partial charge in [0.2, 0.25) is 0 Å². The summed E-state index contributed by atoms with van der Waals surface area (Å²) in [5, 5.41) is 0. The highest BCUT2D eigenvalue weighted by molar-refractivity contribution is 5.32. The average molecular weight is 472 g/mol. The maximum atomic E-state index is 4.14. The zero-order chi connectivity index (χ0) is 27.9. The highest BCUT2D eigenvalue weighted by Gasteiger charge is 2.10. The van der Waals surface area contributed by atoms with Crippen molar-refractivity contribution in [3.8, 4) is 0 Å². The van der Waals surface area contributed by atoms with E-state index < -0.39 is 0 Å². The number of rotatable bonds is 8. The molecule has 1 nitrogen and oxygen atoms in total. The zero-order valence-electron chi connectivity index (χ0n) is 25.4. The van der Waals surface area contributed by atoms with Crippen molar-refractivity contribution in [2.24, 2.45) is 0 Å². The quantitative estimate of drug-likeness (QED) is 0.269. The van der Waals surface area contributed by atoms with Gasteiger partial charge in [-0.05, 0) is 62.8 Å². The van der Waals surface area contributed by atoms with E-state index in [2.05, 4.69) is 116 Å². The molecule has 198 valence electrons. The van der Waals surface area contributed by atoms with Crippen molar-refractivity contribution in [3.63, 3.8) is 0 Å². The van der Waals surface area contributed by atoms with Gasteiger partial charge in [-0.1, -0.05) is 118 Å². The topological polar surface area (TPSA) is 3.24 Å². The molecule has 0 aliphatic heterocycles. The first-order valence-electron chi connectivity index (χ1n) is 13.3. The minimum Gasteiger partial charge on any atom is -0.346 e. The molecule has 0 fully saturated rings. The Labute approximate surface area is 217 Å².